The molecule has 2 aromatic carbocycles. The van der Waals surface area contributed by atoms with E-state index in [1.54, 1.807) is 62.5 Å². The number of carbonyl (C=O) groups excluding carboxylic acids is 6. The first kappa shape index (κ1) is 109. The average Bonchev–Trinajstić information content (AvgIpc) is 1.75. The van der Waals surface area contributed by atoms with Crippen LogP contribution in [0.15, 0.2) is 155 Å². The van der Waals surface area contributed by atoms with Crippen molar-refractivity contribution in [2.45, 2.75) is 77.0 Å². The largest absolute Gasteiger partial charge is 0.478 e. The average molecular weight is 1950 g/mol. The molecule has 39 nitrogen and oxygen atoms in total. The van der Waals surface area contributed by atoms with Gasteiger partial charge in [0.1, 0.15) is 28.4 Å². The summed E-state index contributed by atoms with van der Waals surface area (Å²) in [7, 11) is 1.37. The third-order valence-corrected chi connectivity index (χ3v) is 20.1. The zero-order chi connectivity index (χ0) is 91.7. The molecule has 14 rings (SSSR count). The molecule has 0 saturated carbocycles. The maximum absolute atomic E-state index is 12.6. The van der Waals surface area contributed by atoms with Gasteiger partial charge in [-0.25, -0.2) is 93.5 Å². The third-order valence-electron chi connectivity index (χ3n) is 16.3. The van der Waals surface area contributed by atoms with E-state index in [2.05, 4.69) is 85.0 Å². The quantitative estimate of drug-likeness (QED) is 0.00351. The van der Waals surface area contributed by atoms with E-state index >= 15 is 0 Å². The number of ether oxygens (including phenoxy) is 9. The molecule has 10 aromatic rings. The van der Waals surface area contributed by atoms with E-state index in [-0.39, 0.29) is 61.0 Å². The summed E-state index contributed by atoms with van der Waals surface area (Å²) in [5.74, 6) is -1.22. The van der Waals surface area contributed by atoms with Crippen molar-refractivity contribution in [2.24, 2.45) is 0 Å². The van der Waals surface area contributed by atoms with Crippen LogP contribution in [0, 0.1) is 0 Å². The number of hydrogen-bond acceptors (Lipinski definition) is 41. The first-order valence-electron chi connectivity index (χ1n) is 39.3. The maximum Gasteiger partial charge on any atom is 0.412 e. The molecule has 0 spiro atoms. The van der Waals surface area contributed by atoms with Crippen LogP contribution in [-0.2, 0) is 71.3 Å². The Kier molecular flexibility index (Phi) is 50.6. The summed E-state index contributed by atoms with van der Waals surface area (Å²) >= 11 is 12.7. The Labute approximate surface area is 786 Å². The molecule has 129 heavy (non-hydrogen) atoms. The van der Waals surface area contributed by atoms with Gasteiger partial charge in [0.2, 0.25) is 23.0 Å². The Morgan fingerprint density at radius 3 is 1.27 bits per heavy atom. The number of amides is 2. The predicted octanol–water partition coefficient (Wildman–Crippen LogP) is 12.6. The maximum atomic E-state index is 12.6. The number of halogens is 1. The Morgan fingerprint density at radius 1 is 0.504 bits per heavy atom. The molecule has 4 aliphatic rings. The molecule has 0 radical (unpaired) electrons. The van der Waals surface area contributed by atoms with Gasteiger partial charge in [0.25, 0.3) is 5.91 Å². The van der Waals surface area contributed by atoms with Crippen molar-refractivity contribution in [2.75, 3.05) is 188 Å². The van der Waals surface area contributed by atoms with Gasteiger partial charge in [-0.15, -0.1) is 22.7 Å². The fourth-order valence-corrected chi connectivity index (χ4v) is 12.9. The molecule has 8 aromatic heterocycles. The van der Waals surface area contributed by atoms with Crippen LogP contribution in [0.1, 0.15) is 118 Å². The van der Waals surface area contributed by atoms with Crippen LogP contribution >= 0.6 is 69.8 Å². The van der Waals surface area contributed by atoms with Crippen LogP contribution in [0.4, 0.5) is 45.4 Å². The van der Waals surface area contributed by atoms with E-state index in [1.165, 1.54) is 98.8 Å². The summed E-state index contributed by atoms with van der Waals surface area (Å²) in [4.78, 5) is 141. The van der Waals surface area contributed by atoms with Crippen molar-refractivity contribution in [1.29, 1.82) is 0 Å². The molecule has 0 atom stereocenters. The minimum Gasteiger partial charge on any atom is -0.478 e. The number of rotatable bonds is 22. The van der Waals surface area contributed by atoms with Gasteiger partial charge in [-0.2, -0.15) is 4.33 Å². The van der Waals surface area contributed by atoms with Gasteiger partial charge in [-0.05, 0) is 119 Å². The van der Waals surface area contributed by atoms with Gasteiger partial charge in [0.05, 0.1) is 137 Å². The third kappa shape index (κ3) is 39.1. The number of carbonyl (C=O) groups is 7. The topological polar surface area (TPSA) is 494 Å². The molecular formula is C83H105ClN20O19S5Zn. The molecule has 0 unspecified atom stereocenters. The van der Waals surface area contributed by atoms with E-state index in [0.29, 0.717) is 144 Å². The molecular weight excluding hydrogens is 1840 g/mol. The minimum atomic E-state index is -1.01. The SMILES string of the molecule is C.C1COCCN1.CC(C)(C)OC(=O)Nc1ccc(-c2cccs2)cc1N.CCOC(=O)c1cnc(N2CCOCC2)nc1.CCOC(=O)c1cnc(SC)nc1.CCOC(=O)c1cnc(SC)nc1Cl.CCOC(=O)c1cnc(SOOC)nc1.Nc1ccc(-c2cccs2)cc1NC(=O)c1cnc(N2CCOCC2)nc1.O=C(O)c1cnc(N2CCOCC2)nc1.[Zn]. The molecule has 4 saturated heterocycles. The number of nitrogen functional groups attached to an aromatic ring is 2. The molecule has 690 valence electrons. The summed E-state index contributed by atoms with van der Waals surface area (Å²) in [6, 6.07) is 19.2. The minimum absolute atomic E-state index is 0. The number of esters is 4. The van der Waals surface area contributed by atoms with E-state index in [9.17, 15) is 33.6 Å². The number of carboxylic acid groups (broad SMARTS) is 1. The fraction of sp³-hybridized carbons (Fsp3) is 0.386. The second-order valence-electron chi connectivity index (χ2n) is 26.4. The monoisotopic (exact) mass is 1940 g/mol. The second-order valence-corrected chi connectivity index (χ2v) is 30.9. The van der Waals surface area contributed by atoms with Gasteiger partial charge in [-0.3, -0.25) is 10.1 Å². The first-order valence-corrected chi connectivity index (χ1v) is 44.6. The normalized spacial score (nSPS) is 13.0. The number of aromatic nitrogens is 12. The van der Waals surface area contributed by atoms with Crippen LogP contribution in [0.3, 0.4) is 0 Å². The Balaban J connectivity index is 0.000000266. The number of nitrogens with one attached hydrogen (secondary N) is 3. The Morgan fingerprint density at radius 2 is 0.899 bits per heavy atom. The Bertz CT molecular complexity index is 4970. The molecule has 8 N–H and O–H groups in total. The second kappa shape index (κ2) is 60.1. The van der Waals surface area contributed by atoms with Crippen LogP contribution in [0.25, 0.3) is 20.9 Å². The number of thioether (sulfide) groups is 2. The molecule has 2 amide bonds. The van der Waals surface area contributed by atoms with Crippen LogP contribution in [0.2, 0.25) is 5.15 Å². The van der Waals surface area contributed by atoms with Gasteiger partial charge in [-0.1, -0.05) is 66.8 Å². The number of thiophene rings is 2. The first-order chi connectivity index (χ1) is 61.4. The summed E-state index contributed by atoms with van der Waals surface area (Å²) in [6.07, 6.45) is 18.9. The number of carboxylic acids is 1. The van der Waals surface area contributed by atoms with Gasteiger partial charge < -0.3 is 84.5 Å². The molecule has 46 heteroatoms. The summed E-state index contributed by atoms with van der Waals surface area (Å²) < 4.78 is 49.7. The van der Waals surface area contributed by atoms with Crippen LogP contribution in [-0.4, -0.2) is 264 Å². The summed E-state index contributed by atoms with van der Waals surface area (Å²) in [6.45, 7) is 26.1. The smallest absolute Gasteiger partial charge is 0.412 e. The zero-order valence-electron chi connectivity index (χ0n) is 72.2. The van der Waals surface area contributed by atoms with Crippen LogP contribution in [0.5, 0.6) is 0 Å². The van der Waals surface area contributed by atoms with Crippen molar-refractivity contribution >= 4 is 152 Å². The number of benzene rings is 2. The van der Waals surface area contributed by atoms with Gasteiger partial charge in [0.15, 0.2) is 10.3 Å². The number of nitrogens with two attached hydrogens (primary N) is 2. The van der Waals surface area contributed by atoms with Crippen molar-refractivity contribution < 1.29 is 110 Å². The standard InChI is InChI=1S/C19H19N5O2S.C15H18N2O2S.C11H15N3O3.C9H11N3O3.C8H9ClN2O2S.C8H10N2O4S.C8H10N2O2S.C4H9NO.CH4.Zn/c20-15-4-3-13(17-2-1-9-27-17)10-16(15)23-18(25)14-11-21-19(22-12-14)24-5-7-26-8-6-24;1-15(2,3)19-14(18)17-12-7-6-10(9-11(12)16)13-5-4-8-20-13;1-2-17-10(15)9-7-12-11(13-8-9)14-3-5-16-6-4-14;13-8(14)7-5-10-9(11-6-7)12-1-3-15-4-2-12;1-3-13-7(12)5-4-10-8(14-2)11-6(5)9;1-3-13-7(11)6-4-9-8(10-5-6)15-14-12-2;1-3-12-7(11)6-4-9-8(13-2)10-5-6;1-3-6-4-2-5-1;;/h1-4,9-12H,5-8,20H2,(H,23,25);4-9H,16H2,1-3H3,(H,17,18);7-8H,2-6H2,1H3;5-6H,1-4H2,(H,13,14);4H,3H2,1-2H3;4-5H,3H2,1-2H3;4-5H,3H2,1-2H3;5H,1-4H2;1H4;. The number of aromatic carboxylic acids is 1. The van der Waals surface area contributed by atoms with Gasteiger partial charge in [0, 0.05) is 150 Å². The van der Waals surface area contributed by atoms with Crippen LogP contribution < -0.4 is 42.1 Å². The fourth-order valence-electron chi connectivity index (χ4n) is 10.2. The number of hydrogen-bond donors (Lipinski definition) is 6. The van der Waals surface area contributed by atoms with Crippen molar-refractivity contribution in [3.63, 3.8) is 0 Å². The number of nitrogens with zero attached hydrogens (tertiary/aromatic N) is 15. The molecule has 12 heterocycles. The van der Waals surface area contributed by atoms with Crippen molar-refractivity contribution in [3.8, 4) is 20.9 Å². The number of anilines is 7. The van der Waals surface area contributed by atoms with E-state index in [4.69, 9.17) is 70.8 Å². The van der Waals surface area contributed by atoms with E-state index in [0.717, 1.165) is 98.5 Å². The van der Waals surface area contributed by atoms with E-state index < -0.39 is 29.6 Å². The van der Waals surface area contributed by atoms with Gasteiger partial charge >= 0.3 is 35.9 Å². The van der Waals surface area contributed by atoms with Crippen molar-refractivity contribution in [3.05, 3.63) is 178 Å². The van der Waals surface area contributed by atoms with E-state index in [1.807, 2.05) is 107 Å². The zero-order valence-corrected chi connectivity index (χ0v) is 80.0. The molecule has 0 aliphatic carbocycles. The molecule has 4 fully saturated rings. The Hall–Kier alpha value is -10.9. The molecule has 4 aliphatic heterocycles. The number of morpholine rings is 4. The van der Waals surface area contributed by atoms with Crippen molar-refractivity contribution in [1.82, 2.24) is 65.1 Å². The predicted molar refractivity (Wildman–Crippen MR) is 491 cm³/mol. The summed E-state index contributed by atoms with van der Waals surface area (Å²) in [5, 5.41) is 23.0. The molecule has 0 bridgehead atoms. The summed E-state index contributed by atoms with van der Waals surface area (Å²) in [5.41, 5.74) is 17.4.